The molecule has 0 aromatic heterocycles. The number of nitrogens with zero attached hydrogens (tertiary/aromatic N) is 2. The zero-order chi connectivity index (χ0) is 55.2. The van der Waals surface area contributed by atoms with Crippen LogP contribution in [0.4, 0.5) is 34.1 Å². The Morgan fingerprint density at radius 1 is 0.316 bits per heavy atom. The molecule has 9 aromatic carbocycles. The summed E-state index contributed by atoms with van der Waals surface area (Å²) in [6, 6.07) is 75.8. The summed E-state index contributed by atoms with van der Waals surface area (Å²) in [5.41, 5.74) is 28.0. The third-order valence-electron chi connectivity index (χ3n) is 17.7. The van der Waals surface area contributed by atoms with Gasteiger partial charge in [0, 0.05) is 33.9 Å². The van der Waals surface area contributed by atoms with Crippen molar-refractivity contribution < 1.29 is 0 Å². The van der Waals surface area contributed by atoms with Crippen LogP contribution in [0.5, 0.6) is 0 Å². The van der Waals surface area contributed by atoms with Crippen molar-refractivity contribution >= 4 is 57.2 Å². The normalized spacial score (nSPS) is 14.7. The summed E-state index contributed by atoms with van der Waals surface area (Å²) in [6.07, 6.45) is 6.21. The molecule has 2 aliphatic heterocycles. The first kappa shape index (κ1) is 52.3. The second-order valence-corrected chi connectivity index (χ2v) is 27.3. The number of hydrogen-bond acceptors (Lipinski definition) is 2. The number of hydrogen-bond donors (Lipinski definition) is 0. The summed E-state index contributed by atoms with van der Waals surface area (Å²) >= 11 is 0. The van der Waals surface area contributed by atoms with E-state index in [4.69, 9.17) is 0 Å². The van der Waals surface area contributed by atoms with Gasteiger partial charge in [-0.25, -0.2) is 0 Å². The summed E-state index contributed by atoms with van der Waals surface area (Å²) in [6.45, 7) is 27.9. The van der Waals surface area contributed by atoms with E-state index in [0.717, 1.165) is 0 Å². The average Bonchev–Trinajstić information content (AvgIpc) is 3.59. The molecule has 3 heteroatoms. The van der Waals surface area contributed by atoms with Gasteiger partial charge in [-0.3, -0.25) is 0 Å². The molecule has 1 fully saturated rings. The number of fused-ring (bicyclic) bond motifs is 4. The molecule has 79 heavy (non-hydrogen) atoms. The lowest BCUT2D eigenvalue weighted by Gasteiger charge is -2.46. The van der Waals surface area contributed by atoms with E-state index >= 15 is 0 Å². The Labute approximate surface area is 473 Å². The van der Waals surface area contributed by atoms with Crippen LogP contribution in [0.2, 0.25) is 0 Å². The molecular formula is C76H79BN2. The van der Waals surface area contributed by atoms with E-state index in [9.17, 15) is 0 Å². The van der Waals surface area contributed by atoms with Crippen LogP contribution in [0.3, 0.4) is 0 Å². The Hall–Kier alpha value is -7.36. The topological polar surface area (TPSA) is 6.48 Å². The van der Waals surface area contributed by atoms with Crippen molar-refractivity contribution in [3.63, 3.8) is 0 Å². The van der Waals surface area contributed by atoms with Crippen LogP contribution in [0.25, 0.3) is 44.5 Å². The Bertz CT molecular complexity index is 3490. The van der Waals surface area contributed by atoms with Gasteiger partial charge in [-0.05, 0) is 167 Å². The van der Waals surface area contributed by atoms with Gasteiger partial charge in [0.15, 0.2) is 0 Å². The van der Waals surface area contributed by atoms with Crippen molar-refractivity contribution in [1.82, 2.24) is 0 Å². The van der Waals surface area contributed by atoms with Gasteiger partial charge in [0.1, 0.15) is 0 Å². The van der Waals surface area contributed by atoms with Gasteiger partial charge in [-0.1, -0.05) is 248 Å². The van der Waals surface area contributed by atoms with Gasteiger partial charge in [0.2, 0.25) is 0 Å². The zero-order valence-electron chi connectivity index (χ0n) is 49.1. The maximum atomic E-state index is 2.71. The summed E-state index contributed by atoms with van der Waals surface area (Å²) < 4.78 is 0. The van der Waals surface area contributed by atoms with Gasteiger partial charge in [-0.2, -0.15) is 0 Å². The fourth-order valence-corrected chi connectivity index (χ4v) is 13.0. The van der Waals surface area contributed by atoms with Crippen molar-refractivity contribution in [1.29, 1.82) is 0 Å². The maximum Gasteiger partial charge on any atom is 0.252 e. The second-order valence-electron chi connectivity index (χ2n) is 27.3. The quantitative estimate of drug-likeness (QED) is 0.147. The van der Waals surface area contributed by atoms with Gasteiger partial charge in [0.25, 0.3) is 6.71 Å². The van der Waals surface area contributed by atoms with E-state index in [1.54, 1.807) is 0 Å². The lowest BCUT2D eigenvalue weighted by molar-refractivity contribution is 0.444. The Morgan fingerprint density at radius 3 is 1.06 bits per heavy atom. The van der Waals surface area contributed by atoms with Gasteiger partial charge in [0.05, 0.1) is 11.4 Å². The van der Waals surface area contributed by atoms with Crippen molar-refractivity contribution in [2.75, 3.05) is 9.80 Å². The van der Waals surface area contributed by atoms with Crippen LogP contribution < -0.4 is 26.2 Å². The molecule has 1 aliphatic carbocycles. The summed E-state index contributed by atoms with van der Waals surface area (Å²) in [5, 5.41) is 0. The fraction of sp³-hybridized carbons (Fsp3) is 0.289. The highest BCUT2D eigenvalue weighted by Crippen LogP contribution is 2.52. The Kier molecular flexibility index (Phi) is 13.1. The number of anilines is 6. The maximum absolute atomic E-state index is 2.71. The van der Waals surface area contributed by atoms with Crippen LogP contribution in [0.15, 0.2) is 194 Å². The van der Waals surface area contributed by atoms with Gasteiger partial charge in [-0.15, -0.1) is 0 Å². The first-order chi connectivity index (χ1) is 37.7. The second kappa shape index (κ2) is 19.8. The molecule has 9 aromatic rings. The molecule has 0 unspecified atom stereocenters. The van der Waals surface area contributed by atoms with Crippen LogP contribution in [0.1, 0.15) is 149 Å². The van der Waals surface area contributed by atoms with E-state index in [1.165, 1.54) is 155 Å². The van der Waals surface area contributed by atoms with Crippen LogP contribution in [0, 0.1) is 0 Å². The minimum Gasteiger partial charge on any atom is -0.311 e. The fourth-order valence-electron chi connectivity index (χ4n) is 13.0. The Morgan fingerprint density at radius 2 is 0.684 bits per heavy atom. The molecule has 3 aliphatic rings. The van der Waals surface area contributed by atoms with E-state index in [1.807, 2.05) is 0 Å². The van der Waals surface area contributed by atoms with E-state index in [0.29, 0.717) is 5.92 Å². The molecule has 0 N–H and O–H groups in total. The van der Waals surface area contributed by atoms with Crippen molar-refractivity contribution in [2.45, 2.75) is 143 Å². The van der Waals surface area contributed by atoms with Gasteiger partial charge >= 0.3 is 0 Å². The molecular weight excluding hydrogens is 952 g/mol. The zero-order valence-corrected chi connectivity index (χ0v) is 49.1. The number of rotatable bonds is 7. The molecule has 0 spiro atoms. The molecule has 0 amide bonds. The van der Waals surface area contributed by atoms with Gasteiger partial charge < -0.3 is 9.80 Å². The minimum atomic E-state index is -0.0554. The standard InChI is InChI=1S/C76H79BN2/c1-73(2,3)58-34-28-53(29-35-58)62-48-60(75(7,8)9)38-42-66(62)78-68-44-55(50-22-16-13-17-23-50)32-40-64(68)77-65-41-33-56(51-24-18-14-19-25-51)45-69(65)79(71-47-57(46-70(78)72(71)77)52-26-20-15-21-27-52)67-43-39-61(76(10,11)12)49-63(67)54-30-36-59(37-31-54)74(4,5)6/h13-14,16-19,22-25,28-49,52H,15,20-21,26-27H2,1-12H3. The SMILES string of the molecule is CC(C)(C)c1ccc(-c2cc(C(C)(C)C)ccc2N2c3cc(-c4ccccc4)ccc3B3c4ccc(-c5ccccc5)cc4N(c4ccc(C(C)(C)C)cc4-c4ccc(C(C)(C)C)cc4)c4cc(C5CCCCC5)cc2c43)cc1. The first-order valence-corrected chi connectivity index (χ1v) is 29.4. The van der Waals surface area contributed by atoms with E-state index in [2.05, 4.69) is 287 Å². The molecule has 0 bridgehead atoms. The molecule has 396 valence electrons. The smallest absolute Gasteiger partial charge is 0.252 e. The highest BCUT2D eigenvalue weighted by atomic mass is 15.2. The van der Waals surface area contributed by atoms with E-state index in [-0.39, 0.29) is 28.4 Å². The molecule has 0 atom stereocenters. The van der Waals surface area contributed by atoms with E-state index < -0.39 is 0 Å². The lowest BCUT2D eigenvalue weighted by atomic mass is 9.33. The number of benzene rings is 9. The largest absolute Gasteiger partial charge is 0.311 e. The molecule has 1 saturated carbocycles. The molecule has 0 radical (unpaired) electrons. The predicted octanol–water partition coefficient (Wildman–Crippen LogP) is 19.7. The summed E-state index contributed by atoms with van der Waals surface area (Å²) in [7, 11) is 0. The first-order valence-electron chi connectivity index (χ1n) is 29.4. The molecule has 0 saturated heterocycles. The third-order valence-corrected chi connectivity index (χ3v) is 17.7. The highest BCUT2D eigenvalue weighted by Gasteiger charge is 2.45. The highest BCUT2D eigenvalue weighted by molar-refractivity contribution is 7.00. The molecule has 2 nitrogen and oxygen atoms in total. The Balaban J connectivity index is 1.21. The van der Waals surface area contributed by atoms with Crippen molar-refractivity contribution in [3.8, 4) is 44.5 Å². The predicted molar refractivity (Wildman–Crippen MR) is 343 cm³/mol. The van der Waals surface area contributed by atoms with Crippen LogP contribution in [-0.4, -0.2) is 6.71 Å². The average molecular weight is 1030 g/mol. The molecule has 2 heterocycles. The van der Waals surface area contributed by atoms with Crippen molar-refractivity contribution in [3.05, 3.63) is 222 Å². The molecule has 12 rings (SSSR count). The van der Waals surface area contributed by atoms with Crippen molar-refractivity contribution in [2.24, 2.45) is 0 Å². The van der Waals surface area contributed by atoms with Crippen LogP contribution in [-0.2, 0) is 21.7 Å². The minimum absolute atomic E-state index is 0.0364. The monoisotopic (exact) mass is 1030 g/mol. The van der Waals surface area contributed by atoms with Crippen LogP contribution >= 0.6 is 0 Å². The lowest BCUT2D eigenvalue weighted by Crippen LogP contribution is -2.61. The summed E-state index contributed by atoms with van der Waals surface area (Å²) in [4.78, 5) is 5.42. The summed E-state index contributed by atoms with van der Waals surface area (Å²) in [5.74, 6) is 0.451. The third kappa shape index (κ3) is 9.76.